The van der Waals surface area contributed by atoms with Crippen molar-refractivity contribution in [3.05, 3.63) is 58.9 Å². The molecule has 2 aromatic rings. The lowest BCUT2D eigenvalue weighted by molar-refractivity contribution is 0.102. The third-order valence-electron chi connectivity index (χ3n) is 3.93. The quantitative estimate of drug-likeness (QED) is 0.853. The van der Waals surface area contributed by atoms with E-state index in [-0.39, 0.29) is 5.91 Å². The number of nitrogens with zero attached hydrogens (tertiary/aromatic N) is 1. The van der Waals surface area contributed by atoms with Gasteiger partial charge < -0.3 is 10.6 Å². The summed E-state index contributed by atoms with van der Waals surface area (Å²) in [6, 6.07) is 11.3. The van der Waals surface area contributed by atoms with Gasteiger partial charge in [0.05, 0.1) is 5.56 Å². The van der Waals surface area contributed by atoms with Crippen LogP contribution in [0.3, 0.4) is 0 Å². The largest absolute Gasteiger partial charge is 0.322 e. The van der Waals surface area contributed by atoms with Crippen LogP contribution in [0.15, 0.2) is 42.6 Å². The molecule has 1 fully saturated rings. The van der Waals surface area contributed by atoms with Crippen molar-refractivity contribution in [1.29, 1.82) is 0 Å². The van der Waals surface area contributed by atoms with E-state index in [0.29, 0.717) is 16.6 Å². The number of hydrogen-bond donors (Lipinski definition) is 2. The standard InChI is InChI=1S/C17H18ClN3O/c18-16-8-5-14(11-20-16)17(22)21-15-6-3-12(4-7-15)13-2-1-9-19-10-13/h3-8,11,13,19H,1-2,9-10H2,(H,21,22). The molecule has 4 nitrogen and oxygen atoms in total. The van der Waals surface area contributed by atoms with Gasteiger partial charge in [0.1, 0.15) is 5.15 Å². The molecule has 1 unspecified atom stereocenters. The Kier molecular flexibility index (Phi) is 4.71. The number of rotatable bonds is 3. The van der Waals surface area contributed by atoms with Crippen LogP contribution in [0.25, 0.3) is 0 Å². The van der Waals surface area contributed by atoms with Gasteiger partial charge in [0.2, 0.25) is 0 Å². The number of aromatic nitrogens is 1. The molecule has 1 atom stereocenters. The van der Waals surface area contributed by atoms with Gasteiger partial charge in [-0.25, -0.2) is 4.98 Å². The molecule has 22 heavy (non-hydrogen) atoms. The second-order valence-electron chi connectivity index (χ2n) is 5.49. The number of anilines is 1. The van der Waals surface area contributed by atoms with Crippen molar-refractivity contribution in [1.82, 2.24) is 10.3 Å². The van der Waals surface area contributed by atoms with Crippen molar-refractivity contribution in [2.45, 2.75) is 18.8 Å². The van der Waals surface area contributed by atoms with Crippen LogP contribution in [-0.4, -0.2) is 24.0 Å². The number of amides is 1. The van der Waals surface area contributed by atoms with Crippen LogP contribution in [0, 0.1) is 0 Å². The van der Waals surface area contributed by atoms with Crippen molar-refractivity contribution in [2.24, 2.45) is 0 Å². The van der Waals surface area contributed by atoms with Crippen LogP contribution >= 0.6 is 11.6 Å². The molecular formula is C17H18ClN3O. The maximum atomic E-state index is 12.1. The highest BCUT2D eigenvalue weighted by Crippen LogP contribution is 2.24. The SMILES string of the molecule is O=C(Nc1ccc(C2CCCNC2)cc1)c1ccc(Cl)nc1. The molecule has 114 valence electrons. The number of hydrogen-bond acceptors (Lipinski definition) is 3. The summed E-state index contributed by atoms with van der Waals surface area (Å²) in [5.41, 5.74) is 2.59. The molecule has 1 aromatic heterocycles. The zero-order valence-corrected chi connectivity index (χ0v) is 12.9. The number of piperidine rings is 1. The molecule has 1 aromatic carbocycles. The Bertz CT molecular complexity index is 634. The van der Waals surface area contributed by atoms with E-state index in [2.05, 4.69) is 27.8 Å². The number of halogens is 1. The average molecular weight is 316 g/mol. The molecule has 1 saturated heterocycles. The monoisotopic (exact) mass is 315 g/mol. The highest BCUT2D eigenvalue weighted by Gasteiger charge is 2.15. The fraction of sp³-hybridized carbons (Fsp3) is 0.294. The van der Waals surface area contributed by atoms with Crippen LogP contribution in [0.1, 0.15) is 34.7 Å². The van der Waals surface area contributed by atoms with Crippen molar-refractivity contribution in [3.8, 4) is 0 Å². The maximum Gasteiger partial charge on any atom is 0.257 e. The number of pyridine rings is 1. The van der Waals surface area contributed by atoms with Gasteiger partial charge in [0.25, 0.3) is 5.91 Å². The third-order valence-corrected chi connectivity index (χ3v) is 4.15. The van der Waals surface area contributed by atoms with Gasteiger partial charge in [-0.2, -0.15) is 0 Å². The van der Waals surface area contributed by atoms with Gasteiger partial charge in [-0.3, -0.25) is 4.79 Å². The summed E-state index contributed by atoms with van der Waals surface area (Å²) in [7, 11) is 0. The second kappa shape index (κ2) is 6.90. The van der Waals surface area contributed by atoms with E-state index in [9.17, 15) is 4.79 Å². The maximum absolute atomic E-state index is 12.1. The summed E-state index contributed by atoms with van der Waals surface area (Å²) in [6.45, 7) is 2.14. The molecule has 0 bridgehead atoms. The minimum absolute atomic E-state index is 0.184. The topological polar surface area (TPSA) is 54.0 Å². The second-order valence-corrected chi connectivity index (χ2v) is 5.88. The van der Waals surface area contributed by atoms with E-state index >= 15 is 0 Å². The van der Waals surface area contributed by atoms with Gasteiger partial charge in [0.15, 0.2) is 0 Å². The number of benzene rings is 1. The van der Waals surface area contributed by atoms with Crippen LogP contribution in [-0.2, 0) is 0 Å². The van der Waals surface area contributed by atoms with Crippen molar-refractivity contribution >= 4 is 23.2 Å². The summed E-state index contributed by atoms with van der Waals surface area (Å²) in [5.74, 6) is 0.384. The van der Waals surface area contributed by atoms with Crippen molar-refractivity contribution in [2.75, 3.05) is 18.4 Å². The molecule has 0 spiro atoms. The molecule has 2 N–H and O–H groups in total. The first-order chi connectivity index (χ1) is 10.7. The Morgan fingerprint density at radius 1 is 1.23 bits per heavy atom. The highest BCUT2D eigenvalue weighted by molar-refractivity contribution is 6.29. The Morgan fingerprint density at radius 3 is 2.68 bits per heavy atom. The van der Waals surface area contributed by atoms with Gasteiger partial charge >= 0.3 is 0 Å². The number of carbonyl (C=O) groups excluding carboxylic acids is 1. The van der Waals surface area contributed by atoms with Gasteiger partial charge in [-0.15, -0.1) is 0 Å². The molecule has 1 aliphatic heterocycles. The molecule has 0 aliphatic carbocycles. The number of nitrogens with one attached hydrogen (secondary N) is 2. The first-order valence-corrected chi connectivity index (χ1v) is 7.84. The van der Waals surface area contributed by atoms with E-state index in [4.69, 9.17) is 11.6 Å². The van der Waals surface area contributed by atoms with Crippen molar-refractivity contribution < 1.29 is 4.79 Å². The smallest absolute Gasteiger partial charge is 0.257 e. The Hall–Kier alpha value is -1.91. The van der Waals surface area contributed by atoms with Crippen LogP contribution in [0.4, 0.5) is 5.69 Å². The lowest BCUT2D eigenvalue weighted by Crippen LogP contribution is -2.28. The van der Waals surface area contributed by atoms with Gasteiger partial charge in [-0.1, -0.05) is 23.7 Å². The van der Waals surface area contributed by atoms with E-state index in [0.717, 1.165) is 18.8 Å². The molecule has 1 amide bonds. The lowest BCUT2D eigenvalue weighted by atomic mass is 9.92. The fourth-order valence-electron chi connectivity index (χ4n) is 2.69. The summed E-state index contributed by atoms with van der Waals surface area (Å²) >= 11 is 5.72. The van der Waals surface area contributed by atoms with Crippen LogP contribution in [0.5, 0.6) is 0 Å². The summed E-state index contributed by atoms with van der Waals surface area (Å²) in [5, 5.41) is 6.67. The summed E-state index contributed by atoms with van der Waals surface area (Å²) in [4.78, 5) is 16.0. The zero-order chi connectivity index (χ0) is 15.4. The van der Waals surface area contributed by atoms with Gasteiger partial charge in [-0.05, 0) is 55.1 Å². The van der Waals surface area contributed by atoms with E-state index in [1.54, 1.807) is 12.1 Å². The Balaban J connectivity index is 1.65. The van der Waals surface area contributed by atoms with E-state index in [1.165, 1.54) is 24.6 Å². The molecule has 5 heteroatoms. The Labute approximate surface area is 134 Å². The summed E-state index contributed by atoms with van der Waals surface area (Å²) in [6.07, 6.45) is 3.90. The summed E-state index contributed by atoms with van der Waals surface area (Å²) < 4.78 is 0. The molecule has 3 rings (SSSR count). The van der Waals surface area contributed by atoms with Gasteiger partial charge in [0, 0.05) is 18.4 Å². The van der Waals surface area contributed by atoms with E-state index < -0.39 is 0 Å². The average Bonchev–Trinajstić information content (AvgIpc) is 2.57. The fourth-order valence-corrected chi connectivity index (χ4v) is 2.80. The highest BCUT2D eigenvalue weighted by atomic mass is 35.5. The Morgan fingerprint density at radius 2 is 2.05 bits per heavy atom. The minimum Gasteiger partial charge on any atom is -0.322 e. The molecule has 1 aliphatic rings. The lowest BCUT2D eigenvalue weighted by Gasteiger charge is -2.23. The van der Waals surface area contributed by atoms with Crippen LogP contribution < -0.4 is 10.6 Å². The first-order valence-electron chi connectivity index (χ1n) is 7.46. The normalized spacial score (nSPS) is 18.0. The first kappa shape index (κ1) is 15.0. The molecule has 0 saturated carbocycles. The van der Waals surface area contributed by atoms with E-state index in [1.807, 2.05) is 12.1 Å². The van der Waals surface area contributed by atoms with Crippen molar-refractivity contribution in [3.63, 3.8) is 0 Å². The molecule has 2 heterocycles. The third kappa shape index (κ3) is 3.64. The predicted octanol–water partition coefficient (Wildman–Crippen LogP) is 3.45. The minimum atomic E-state index is -0.184. The zero-order valence-electron chi connectivity index (χ0n) is 12.2. The predicted molar refractivity (Wildman–Crippen MR) is 88.5 cm³/mol. The van der Waals surface area contributed by atoms with Crippen LogP contribution in [0.2, 0.25) is 5.15 Å². The molecule has 0 radical (unpaired) electrons. The molecular weight excluding hydrogens is 298 g/mol. The number of carbonyl (C=O) groups is 1.